The summed E-state index contributed by atoms with van der Waals surface area (Å²) in [5.41, 5.74) is 0.251. The molecule has 0 heterocycles. The van der Waals surface area contributed by atoms with Crippen LogP contribution in [0.2, 0.25) is 0 Å². The van der Waals surface area contributed by atoms with Gasteiger partial charge in [-0.2, -0.15) is 0 Å². The normalized spacial score (nSPS) is 8.47. The molecule has 0 aliphatic heterocycles. The Morgan fingerprint density at radius 2 is 1.73 bits per heavy atom. The van der Waals surface area contributed by atoms with Crippen LogP contribution in [0.4, 0.5) is 5.69 Å². The molecule has 1 aromatic rings. The van der Waals surface area contributed by atoms with Gasteiger partial charge in [-0.15, -0.1) is 0 Å². The molecule has 1 rings (SSSR count). The van der Waals surface area contributed by atoms with Crippen LogP contribution in [0.15, 0.2) is 24.3 Å². The lowest BCUT2D eigenvalue weighted by atomic mass is 10.2. The highest BCUT2D eigenvalue weighted by molar-refractivity contribution is 5.89. The maximum Gasteiger partial charge on any atom is 0.337 e. The lowest BCUT2D eigenvalue weighted by molar-refractivity contribution is -0.384. The Labute approximate surface area is 87.8 Å². The standard InChI is InChI=1S/C8H7NO4.C2H6/c1-13-8(10)6-2-4-7(5-3-6)9(11)12;1-2/h2-5H,1H3;1-2H3. The van der Waals surface area contributed by atoms with E-state index in [1.54, 1.807) is 0 Å². The lowest BCUT2D eigenvalue weighted by Gasteiger charge is -1.97. The van der Waals surface area contributed by atoms with Crippen LogP contribution in [-0.4, -0.2) is 18.0 Å². The van der Waals surface area contributed by atoms with E-state index in [1.165, 1.54) is 31.4 Å². The van der Waals surface area contributed by atoms with E-state index in [2.05, 4.69) is 4.74 Å². The number of carbonyl (C=O) groups is 1. The van der Waals surface area contributed by atoms with Gasteiger partial charge in [-0.1, -0.05) is 13.8 Å². The van der Waals surface area contributed by atoms with E-state index in [1.807, 2.05) is 13.8 Å². The highest BCUT2D eigenvalue weighted by Crippen LogP contribution is 2.12. The first kappa shape index (κ1) is 13.1. The van der Waals surface area contributed by atoms with Crippen LogP contribution in [0.25, 0.3) is 0 Å². The SMILES string of the molecule is CC.COC(=O)c1ccc([N+](=O)[O-])cc1. The van der Waals surface area contributed by atoms with E-state index in [0.29, 0.717) is 5.56 Å². The zero-order chi connectivity index (χ0) is 11.8. The van der Waals surface area contributed by atoms with Gasteiger partial charge in [0.25, 0.3) is 5.69 Å². The molecule has 0 saturated carbocycles. The Kier molecular flexibility index (Phi) is 5.70. The first-order valence-corrected chi connectivity index (χ1v) is 4.48. The summed E-state index contributed by atoms with van der Waals surface area (Å²) in [6, 6.07) is 5.21. The number of nitro groups is 1. The van der Waals surface area contributed by atoms with E-state index in [4.69, 9.17) is 0 Å². The van der Waals surface area contributed by atoms with Crippen molar-refractivity contribution in [2.45, 2.75) is 13.8 Å². The van der Waals surface area contributed by atoms with Crippen molar-refractivity contribution in [3.63, 3.8) is 0 Å². The topological polar surface area (TPSA) is 69.4 Å². The second-order valence-electron chi connectivity index (χ2n) is 2.30. The molecule has 0 fully saturated rings. The third kappa shape index (κ3) is 3.76. The van der Waals surface area contributed by atoms with Crippen molar-refractivity contribution in [2.75, 3.05) is 7.11 Å². The van der Waals surface area contributed by atoms with Crippen LogP contribution in [0.1, 0.15) is 24.2 Å². The zero-order valence-corrected chi connectivity index (χ0v) is 8.89. The highest BCUT2D eigenvalue weighted by atomic mass is 16.6. The summed E-state index contributed by atoms with van der Waals surface area (Å²) in [4.78, 5) is 20.6. The van der Waals surface area contributed by atoms with Crippen LogP contribution >= 0.6 is 0 Å². The number of ether oxygens (including phenoxy) is 1. The maximum absolute atomic E-state index is 10.9. The van der Waals surface area contributed by atoms with Crippen LogP contribution in [0.5, 0.6) is 0 Å². The fourth-order valence-electron chi connectivity index (χ4n) is 0.837. The molecule has 0 atom stereocenters. The molecule has 0 N–H and O–H groups in total. The number of hydrogen-bond donors (Lipinski definition) is 0. The Bertz CT molecular complexity index is 332. The molecule has 0 aromatic heterocycles. The second kappa shape index (κ2) is 6.53. The predicted octanol–water partition coefficient (Wildman–Crippen LogP) is 2.41. The minimum absolute atomic E-state index is 0.0485. The third-order valence-corrected chi connectivity index (χ3v) is 1.50. The van der Waals surface area contributed by atoms with Crippen molar-refractivity contribution >= 4 is 11.7 Å². The highest BCUT2D eigenvalue weighted by Gasteiger charge is 2.08. The molecular formula is C10H13NO4. The number of methoxy groups -OCH3 is 1. The summed E-state index contributed by atoms with van der Waals surface area (Å²) in [6.45, 7) is 4.00. The molecule has 0 spiro atoms. The fraction of sp³-hybridized carbons (Fsp3) is 0.300. The summed E-state index contributed by atoms with van der Waals surface area (Å²) in [5, 5.41) is 10.2. The first-order valence-electron chi connectivity index (χ1n) is 4.48. The molecular weight excluding hydrogens is 198 g/mol. The quantitative estimate of drug-likeness (QED) is 0.428. The van der Waals surface area contributed by atoms with Gasteiger partial charge in [-0.3, -0.25) is 10.1 Å². The molecule has 15 heavy (non-hydrogen) atoms. The van der Waals surface area contributed by atoms with Crippen LogP contribution in [0, 0.1) is 10.1 Å². The van der Waals surface area contributed by atoms with E-state index in [-0.39, 0.29) is 5.69 Å². The number of hydrogen-bond acceptors (Lipinski definition) is 4. The molecule has 0 unspecified atom stereocenters. The summed E-state index contributed by atoms with van der Waals surface area (Å²) in [5.74, 6) is -0.505. The summed E-state index contributed by atoms with van der Waals surface area (Å²) in [6.07, 6.45) is 0. The average molecular weight is 211 g/mol. The molecule has 0 amide bonds. The van der Waals surface area contributed by atoms with Crippen molar-refractivity contribution in [3.8, 4) is 0 Å². The van der Waals surface area contributed by atoms with Gasteiger partial charge in [-0.05, 0) is 12.1 Å². The monoisotopic (exact) mass is 211 g/mol. The van der Waals surface area contributed by atoms with E-state index in [0.717, 1.165) is 0 Å². The molecule has 82 valence electrons. The maximum atomic E-state index is 10.9. The fourth-order valence-corrected chi connectivity index (χ4v) is 0.837. The number of non-ortho nitro benzene ring substituents is 1. The summed E-state index contributed by atoms with van der Waals surface area (Å²) < 4.78 is 4.43. The zero-order valence-electron chi connectivity index (χ0n) is 8.89. The minimum atomic E-state index is -0.527. The van der Waals surface area contributed by atoms with E-state index >= 15 is 0 Å². The Hall–Kier alpha value is -1.91. The van der Waals surface area contributed by atoms with Crippen molar-refractivity contribution in [2.24, 2.45) is 0 Å². The van der Waals surface area contributed by atoms with Crippen molar-refractivity contribution in [3.05, 3.63) is 39.9 Å². The summed E-state index contributed by atoms with van der Waals surface area (Å²) in [7, 11) is 1.25. The predicted molar refractivity (Wildman–Crippen MR) is 55.8 cm³/mol. The third-order valence-electron chi connectivity index (χ3n) is 1.50. The molecule has 0 saturated heterocycles. The van der Waals surface area contributed by atoms with E-state index in [9.17, 15) is 14.9 Å². The Morgan fingerprint density at radius 3 is 2.07 bits per heavy atom. The molecule has 0 radical (unpaired) electrons. The number of carbonyl (C=O) groups excluding carboxylic acids is 1. The average Bonchev–Trinajstić information content (AvgIpc) is 2.31. The number of nitrogens with zero attached hydrogens (tertiary/aromatic N) is 1. The van der Waals surface area contributed by atoms with Crippen molar-refractivity contribution in [1.82, 2.24) is 0 Å². The van der Waals surface area contributed by atoms with Gasteiger partial charge in [0.2, 0.25) is 0 Å². The molecule has 5 heteroatoms. The van der Waals surface area contributed by atoms with Crippen LogP contribution in [0.3, 0.4) is 0 Å². The molecule has 5 nitrogen and oxygen atoms in total. The van der Waals surface area contributed by atoms with Gasteiger partial charge >= 0.3 is 5.97 Å². The second-order valence-corrected chi connectivity index (χ2v) is 2.30. The van der Waals surface area contributed by atoms with Crippen molar-refractivity contribution < 1.29 is 14.5 Å². The van der Waals surface area contributed by atoms with Gasteiger partial charge in [0.15, 0.2) is 0 Å². The minimum Gasteiger partial charge on any atom is -0.465 e. The molecule has 1 aromatic carbocycles. The number of nitro benzene ring substituents is 1. The van der Waals surface area contributed by atoms with Gasteiger partial charge in [0, 0.05) is 12.1 Å². The molecule has 0 aliphatic carbocycles. The first-order chi connectivity index (χ1) is 7.15. The number of benzene rings is 1. The molecule has 0 bridgehead atoms. The largest absolute Gasteiger partial charge is 0.465 e. The molecule has 0 aliphatic rings. The summed E-state index contributed by atoms with van der Waals surface area (Å²) >= 11 is 0. The van der Waals surface area contributed by atoms with Gasteiger partial charge in [-0.25, -0.2) is 4.79 Å². The van der Waals surface area contributed by atoms with Gasteiger partial charge < -0.3 is 4.74 Å². The smallest absolute Gasteiger partial charge is 0.337 e. The van der Waals surface area contributed by atoms with Gasteiger partial charge in [0.1, 0.15) is 0 Å². The lowest BCUT2D eigenvalue weighted by Crippen LogP contribution is -2.00. The number of rotatable bonds is 2. The van der Waals surface area contributed by atoms with E-state index < -0.39 is 10.9 Å². The van der Waals surface area contributed by atoms with Crippen LogP contribution in [-0.2, 0) is 4.74 Å². The Morgan fingerprint density at radius 1 is 1.27 bits per heavy atom. The van der Waals surface area contributed by atoms with Crippen LogP contribution < -0.4 is 0 Å². The Balaban J connectivity index is 0.000000921. The number of esters is 1. The van der Waals surface area contributed by atoms with Crippen molar-refractivity contribution in [1.29, 1.82) is 0 Å². The van der Waals surface area contributed by atoms with Gasteiger partial charge in [0.05, 0.1) is 17.6 Å².